The van der Waals surface area contributed by atoms with Gasteiger partial charge in [0.1, 0.15) is 5.52 Å². The molecule has 98 valence electrons. The van der Waals surface area contributed by atoms with Crippen LogP contribution in [0.1, 0.15) is 13.8 Å². The van der Waals surface area contributed by atoms with Gasteiger partial charge in [0.15, 0.2) is 11.5 Å². The predicted molar refractivity (Wildman–Crippen MR) is 70.6 cm³/mol. The van der Waals surface area contributed by atoms with Gasteiger partial charge in [0, 0.05) is 7.05 Å². The molecular formula is C11H18N6O. The number of aliphatic hydroxyl groups is 1. The summed E-state index contributed by atoms with van der Waals surface area (Å²) in [7, 11) is 1.75. The number of fused-ring (bicyclic) bond motifs is 1. The molecule has 18 heavy (non-hydrogen) atoms. The van der Waals surface area contributed by atoms with Crippen molar-refractivity contribution >= 4 is 22.9 Å². The van der Waals surface area contributed by atoms with Crippen molar-refractivity contribution in [3.8, 4) is 0 Å². The molecule has 0 aliphatic rings. The zero-order valence-corrected chi connectivity index (χ0v) is 10.7. The first kappa shape index (κ1) is 12.6. The third-order valence-electron chi connectivity index (χ3n) is 2.83. The van der Waals surface area contributed by atoms with Gasteiger partial charge in [-0.3, -0.25) is 0 Å². The monoisotopic (exact) mass is 250 g/mol. The SMILES string of the molecule is CNc1nc(NC(CO)C(C)C)c2[nH]cnc2n1. The molecule has 0 saturated carbocycles. The standard InChI is InChI=1S/C11H18N6O/c1-6(2)7(4-18)15-10-8-9(14-5-13-8)16-11(12-3)17-10/h5-7,18H,4H2,1-3H3,(H3,12,13,14,15,16,17). The van der Waals surface area contributed by atoms with Crippen LogP contribution in [-0.2, 0) is 0 Å². The number of aliphatic hydroxyl groups excluding tert-OH is 1. The molecule has 0 radical (unpaired) electrons. The zero-order chi connectivity index (χ0) is 13.1. The van der Waals surface area contributed by atoms with Gasteiger partial charge in [0.2, 0.25) is 5.95 Å². The van der Waals surface area contributed by atoms with Crippen LogP contribution in [0, 0.1) is 5.92 Å². The summed E-state index contributed by atoms with van der Waals surface area (Å²) in [6.07, 6.45) is 1.58. The van der Waals surface area contributed by atoms with Gasteiger partial charge in [-0.1, -0.05) is 13.8 Å². The molecule has 0 bridgehead atoms. The smallest absolute Gasteiger partial charge is 0.226 e. The Morgan fingerprint density at radius 1 is 1.39 bits per heavy atom. The van der Waals surface area contributed by atoms with Crippen molar-refractivity contribution in [2.45, 2.75) is 19.9 Å². The fourth-order valence-electron chi connectivity index (χ4n) is 1.65. The average Bonchev–Trinajstić information content (AvgIpc) is 2.83. The molecule has 7 nitrogen and oxygen atoms in total. The third-order valence-corrected chi connectivity index (χ3v) is 2.83. The fraction of sp³-hybridized carbons (Fsp3) is 0.545. The maximum Gasteiger partial charge on any atom is 0.226 e. The lowest BCUT2D eigenvalue weighted by atomic mass is 10.1. The Hall–Kier alpha value is -1.89. The fourth-order valence-corrected chi connectivity index (χ4v) is 1.65. The van der Waals surface area contributed by atoms with E-state index in [4.69, 9.17) is 0 Å². The Balaban J connectivity index is 2.39. The van der Waals surface area contributed by atoms with E-state index < -0.39 is 0 Å². The van der Waals surface area contributed by atoms with Crippen LogP contribution in [0.3, 0.4) is 0 Å². The average molecular weight is 250 g/mol. The lowest BCUT2D eigenvalue weighted by Crippen LogP contribution is -2.30. The maximum atomic E-state index is 9.36. The molecule has 0 aromatic carbocycles. The molecule has 0 saturated heterocycles. The largest absolute Gasteiger partial charge is 0.394 e. The van der Waals surface area contributed by atoms with Crippen LogP contribution in [0.2, 0.25) is 0 Å². The number of H-pyrrole nitrogens is 1. The van der Waals surface area contributed by atoms with Crippen molar-refractivity contribution in [2.24, 2.45) is 5.92 Å². The van der Waals surface area contributed by atoms with Gasteiger partial charge in [-0.2, -0.15) is 9.97 Å². The molecule has 0 amide bonds. The first-order chi connectivity index (χ1) is 8.65. The minimum Gasteiger partial charge on any atom is -0.394 e. The van der Waals surface area contributed by atoms with Crippen LogP contribution >= 0.6 is 0 Å². The number of rotatable bonds is 5. The van der Waals surface area contributed by atoms with Gasteiger partial charge in [-0.05, 0) is 5.92 Å². The molecule has 0 spiro atoms. The Morgan fingerprint density at radius 3 is 2.78 bits per heavy atom. The summed E-state index contributed by atoms with van der Waals surface area (Å²) in [6, 6.07) is -0.0592. The van der Waals surface area contributed by atoms with Crippen LogP contribution in [0.15, 0.2) is 6.33 Å². The van der Waals surface area contributed by atoms with Crippen LogP contribution in [0.4, 0.5) is 11.8 Å². The van der Waals surface area contributed by atoms with Crippen molar-refractivity contribution in [1.82, 2.24) is 19.9 Å². The van der Waals surface area contributed by atoms with E-state index in [1.54, 1.807) is 13.4 Å². The lowest BCUT2D eigenvalue weighted by Gasteiger charge is -2.20. The van der Waals surface area contributed by atoms with Crippen molar-refractivity contribution in [3.63, 3.8) is 0 Å². The Morgan fingerprint density at radius 2 is 2.17 bits per heavy atom. The van der Waals surface area contributed by atoms with Crippen molar-refractivity contribution in [3.05, 3.63) is 6.33 Å². The van der Waals surface area contributed by atoms with E-state index in [9.17, 15) is 5.11 Å². The highest BCUT2D eigenvalue weighted by molar-refractivity contribution is 5.83. The third kappa shape index (κ3) is 2.35. The van der Waals surface area contributed by atoms with E-state index in [1.807, 2.05) is 13.8 Å². The second-order valence-electron chi connectivity index (χ2n) is 4.42. The van der Waals surface area contributed by atoms with E-state index in [0.29, 0.717) is 23.3 Å². The number of aromatic amines is 1. The summed E-state index contributed by atoms with van der Waals surface area (Å²) >= 11 is 0. The van der Waals surface area contributed by atoms with Gasteiger partial charge in [-0.15, -0.1) is 0 Å². The Bertz CT molecular complexity index is 523. The molecule has 7 heteroatoms. The highest BCUT2D eigenvalue weighted by Crippen LogP contribution is 2.20. The summed E-state index contributed by atoms with van der Waals surface area (Å²) in [4.78, 5) is 15.7. The highest BCUT2D eigenvalue weighted by atomic mass is 16.3. The molecular weight excluding hydrogens is 232 g/mol. The van der Waals surface area contributed by atoms with E-state index in [1.165, 1.54) is 0 Å². The van der Waals surface area contributed by atoms with E-state index in [-0.39, 0.29) is 12.6 Å². The Kier molecular flexibility index (Phi) is 3.61. The summed E-state index contributed by atoms with van der Waals surface area (Å²) in [5, 5.41) is 15.5. The van der Waals surface area contributed by atoms with Crippen molar-refractivity contribution in [2.75, 3.05) is 24.3 Å². The van der Waals surface area contributed by atoms with E-state index in [0.717, 1.165) is 5.52 Å². The van der Waals surface area contributed by atoms with Crippen LogP contribution < -0.4 is 10.6 Å². The van der Waals surface area contributed by atoms with Crippen LogP contribution in [0.5, 0.6) is 0 Å². The molecule has 0 aliphatic carbocycles. The number of imidazole rings is 1. The number of nitrogens with one attached hydrogen (secondary N) is 3. The first-order valence-corrected chi connectivity index (χ1v) is 5.92. The topological polar surface area (TPSA) is 98.8 Å². The van der Waals surface area contributed by atoms with Gasteiger partial charge in [0.25, 0.3) is 0 Å². The number of aromatic nitrogens is 4. The second kappa shape index (κ2) is 5.18. The lowest BCUT2D eigenvalue weighted by molar-refractivity contribution is 0.249. The predicted octanol–water partition coefficient (Wildman–Crippen LogP) is 0.823. The minimum absolute atomic E-state index is 0.0478. The quantitative estimate of drug-likeness (QED) is 0.627. The Labute approximate surface area is 105 Å². The molecule has 1 atom stereocenters. The number of hydrogen-bond acceptors (Lipinski definition) is 6. The molecule has 1 unspecified atom stereocenters. The van der Waals surface area contributed by atoms with Crippen molar-refractivity contribution < 1.29 is 5.11 Å². The molecule has 4 N–H and O–H groups in total. The van der Waals surface area contributed by atoms with Crippen LogP contribution in [-0.4, -0.2) is 44.7 Å². The maximum absolute atomic E-state index is 9.36. The van der Waals surface area contributed by atoms with Gasteiger partial charge >= 0.3 is 0 Å². The molecule has 0 aliphatic heterocycles. The minimum atomic E-state index is -0.0592. The molecule has 2 aromatic heterocycles. The summed E-state index contributed by atoms with van der Waals surface area (Å²) < 4.78 is 0. The van der Waals surface area contributed by atoms with Crippen molar-refractivity contribution in [1.29, 1.82) is 0 Å². The summed E-state index contributed by atoms with van der Waals surface area (Å²) in [6.45, 7) is 4.13. The number of anilines is 2. The first-order valence-electron chi connectivity index (χ1n) is 5.92. The van der Waals surface area contributed by atoms with Gasteiger partial charge < -0.3 is 20.7 Å². The zero-order valence-electron chi connectivity index (χ0n) is 10.7. The normalized spacial score (nSPS) is 12.9. The van der Waals surface area contributed by atoms with Gasteiger partial charge in [0.05, 0.1) is 19.0 Å². The molecule has 2 heterocycles. The summed E-state index contributed by atoms with van der Waals surface area (Å²) in [5.41, 5.74) is 1.34. The molecule has 2 rings (SSSR count). The highest BCUT2D eigenvalue weighted by Gasteiger charge is 2.16. The second-order valence-corrected chi connectivity index (χ2v) is 4.42. The molecule has 0 fully saturated rings. The number of nitrogens with zero attached hydrogens (tertiary/aromatic N) is 3. The van der Waals surface area contributed by atoms with E-state index >= 15 is 0 Å². The number of hydrogen-bond donors (Lipinski definition) is 4. The summed E-state index contributed by atoms with van der Waals surface area (Å²) in [5.74, 6) is 1.44. The van der Waals surface area contributed by atoms with Crippen LogP contribution in [0.25, 0.3) is 11.2 Å². The molecule has 2 aromatic rings. The van der Waals surface area contributed by atoms with E-state index in [2.05, 4.69) is 30.6 Å². The van der Waals surface area contributed by atoms with Gasteiger partial charge in [-0.25, -0.2) is 4.98 Å².